The molecule has 5 nitrogen and oxygen atoms in total. The number of hydrazine groups is 1. The van der Waals surface area contributed by atoms with E-state index in [9.17, 15) is 0 Å². The molecular weight excluding hydrogens is 178 g/mol. The minimum absolute atomic E-state index is 0.479. The van der Waals surface area contributed by atoms with Crippen molar-refractivity contribution in [2.24, 2.45) is 5.84 Å². The maximum Gasteiger partial charge on any atom is 0.239 e. The highest BCUT2D eigenvalue weighted by atomic mass is 15.3. The van der Waals surface area contributed by atoms with E-state index in [4.69, 9.17) is 5.84 Å². The lowest BCUT2D eigenvalue weighted by atomic mass is 10.4. The van der Waals surface area contributed by atoms with Gasteiger partial charge in [-0.05, 0) is 19.8 Å². The van der Waals surface area contributed by atoms with Crippen LogP contribution in [0.5, 0.6) is 0 Å². The zero-order chi connectivity index (χ0) is 10.1. The number of hydrogen-bond acceptors (Lipinski definition) is 5. The van der Waals surface area contributed by atoms with E-state index in [0.717, 1.165) is 11.5 Å². The second kappa shape index (κ2) is 3.42. The number of nitrogens with two attached hydrogens (primary N) is 1. The summed E-state index contributed by atoms with van der Waals surface area (Å²) in [6.07, 6.45) is 2.51. The molecule has 0 bridgehead atoms. The van der Waals surface area contributed by atoms with Gasteiger partial charge in [-0.2, -0.15) is 4.98 Å². The van der Waals surface area contributed by atoms with Gasteiger partial charge in [-0.1, -0.05) is 0 Å². The third-order valence-corrected chi connectivity index (χ3v) is 2.43. The zero-order valence-electron chi connectivity index (χ0n) is 8.49. The molecule has 0 amide bonds. The molecule has 0 aliphatic heterocycles. The van der Waals surface area contributed by atoms with Gasteiger partial charge in [0.1, 0.15) is 5.82 Å². The minimum Gasteiger partial charge on any atom is -0.357 e. The summed E-state index contributed by atoms with van der Waals surface area (Å²) in [5.74, 6) is 6.70. The van der Waals surface area contributed by atoms with Crippen molar-refractivity contribution in [1.29, 1.82) is 0 Å². The van der Waals surface area contributed by atoms with Crippen molar-refractivity contribution in [2.45, 2.75) is 25.8 Å². The second-order valence-electron chi connectivity index (χ2n) is 3.68. The number of anilines is 2. The summed E-state index contributed by atoms with van der Waals surface area (Å²) in [5.41, 5.74) is 3.40. The predicted octanol–water partition coefficient (Wildman–Crippen LogP) is 0.669. The summed E-state index contributed by atoms with van der Waals surface area (Å²) in [7, 11) is 2.06. The number of nitrogens with zero attached hydrogens (tertiary/aromatic N) is 3. The van der Waals surface area contributed by atoms with E-state index in [2.05, 4.69) is 27.3 Å². The van der Waals surface area contributed by atoms with Crippen molar-refractivity contribution in [3.8, 4) is 0 Å². The summed E-state index contributed by atoms with van der Waals surface area (Å²) < 4.78 is 0. The molecule has 2 rings (SSSR count). The van der Waals surface area contributed by atoms with Crippen molar-refractivity contribution in [3.63, 3.8) is 0 Å². The van der Waals surface area contributed by atoms with Gasteiger partial charge in [-0.25, -0.2) is 10.8 Å². The Morgan fingerprint density at radius 1 is 1.50 bits per heavy atom. The van der Waals surface area contributed by atoms with Crippen LogP contribution in [-0.2, 0) is 0 Å². The van der Waals surface area contributed by atoms with Gasteiger partial charge in [0.2, 0.25) is 5.95 Å². The average Bonchev–Trinajstić information content (AvgIpc) is 2.99. The molecule has 1 aromatic rings. The summed E-state index contributed by atoms with van der Waals surface area (Å²) in [6.45, 7) is 1.94. The monoisotopic (exact) mass is 193 g/mol. The van der Waals surface area contributed by atoms with Crippen LogP contribution in [0.4, 0.5) is 11.8 Å². The molecule has 5 heteroatoms. The van der Waals surface area contributed by atoms with Crippen LogP contribution in [0.2, 0.25) is 0 Å². The highest BCUT2D eigenvalue weighted by molar-refractivity contribution is 5.45. The number of nitrogens with one attached hydrogen (secondary N) is 1. The van der Waals surface area contributed by atoms with E-state index in [1.165, 1.54) is 12.8 Å². The van der Waals surface area contributed by atoms with Crippen LogP contribution in [0.25, 0.3) is 0 Å². The normalized spacial score (nSPS) is 15.4. The summed E-state index contributed by atoms with van der Waals surface area (Å²) >= 11 is 0. The Balaban J connectivity index is 2.27. The SMILES string of the molecule is Cc1cc(N(C)C2CC2)nc(NN)n1. The molecule has 1 aromatic heterocycles. The lowest BCUT2D eigenvalue weighted by Crippen LogP contribution is -2.22. The predicted molar refractivity (Wildman–Crippen MR) is 56.0 cm³/mol. The molecule has 0 radical (unpaired) electrons. The average molecular weight is 193 g/mol. The number of hydrogen-bond donors (Lipinski definition) is 2. The molecule has 3 N–H and O–H groups in total. The number of aromatic nitrogens is 2. The van der Waals surface area contributed by atoms with Crippen molar-refractivity contribution >= 4 is 11.8 Å². The van der Waals surface area contributed by atoms with Gasteiger partial charge >= 0.3 is 0 Å². The Hall–Kier alpha value is -1.36. The highest BCUT2D eigenvalue weighted by Gasteiger charge is 2.27. The van der Waals surface area contributed by atoms with Gasteiger partial charge < -0.3 is 4.90 Å². The topological polar surface area (TPSA) is 67.1 Å². The Morgan fingerprint density at radius 3 is 2.79 bits per heavy atom. The third kappa shape index (κ3) is 1.77. The van der Waals surface area contributed by atoms with E-state index >= 15 is 0 Å². The highest BCUT2D eigenvalue weighted by Crippen LogP contribution is 2.29. The molecule has 1 aliphatic carbocycles. The Bertz CT molecular complexity index is 334. The van der Waals surface area contributed by atoms with E-state index in [1.807, 2.05) is 13.0 Å². The zero-order valence-corrected chi connectivity index (χ0v) is 8.49. The van der Waals surface area contributed by atoms with Gasteiger partial charge in [0.05, 0.1) is 0 Å². The maximum atomic E-state index is 5.29. The van der Waals surface area contributed by atoms with E-state index < -0.39 is 0 Å². The van der Waals surface area contributed by atoms with Crippen molar-refractivity contribution in [3.05, 3.63) is 11.8 Å². The second-order valence-corrected chi connectivity index (χ2v) is 3.68. The quantitative estimate of drug-likeness (QED) is 0.545. The van der Waals surface area contributed by atoms with Crippen LogP contribution < -0.4 is 16.2 Å². The van der Waals surface area contributed by atoms with Gasteiger partial charge in [0.25, 0.3) is 0 Å². The first kappa shape index (κ1) is 9.21. The largest absolute Gasteiger partial charge is 0.357 e. The van der Waals surface area contributed by atoms with Crippen LogP contribution in [0.15, 0.2) is 6.07 Å². The Morgan fingerprint density at radius 2 is 2.21 bits per heavy atom. The Kier molecular flexibility index (Phi) is 2.25. The fourth-order valence-electron chi connectivity index (χ4n) is 1.45. The van der Waals surface area contributed by atoms with Crippen LogP contribution in [-0.4, -0.2) is 23.1 Å². The number of rotatable bonds is 3. The van der Waals surface area contributed by atoms with Crippen molar-refractivity contribution < 1.29 is 0 Å². The molecule has 1 heterocycles. The van der Waals surface area contributed by atoms with Crippen molar-refractivity contribution in [2.75, 3.05) is 17.4 Å². The smallest absolute Gasteiger partial charge is 0.239 e. The molecule has 14 heavy (non-hydrogen) atoms. The van der Waals surface area contributed by atoms with Gasteiger partial charge in [0.15, 0.2) is 0 Å². The van der Waals surface area contributed by atoms with Gasteiger partial charge in [0, 0.05) is 24.8 Å². The summed E-state index contributed by atoms with van der Waals surface area (Å²) in [6, 6.07) is 2.62. The third-order valence-electron chi connectivity index (χ3n) is 2.43. The van der Waals surface area contributed by atoms with Crippen LogP contribution in [0.3, 0.4) is 0 Å². The number of aryl methyl sites for hydroxylation is 1. The van der Waals surface area contributed by atoms with Gasteiger partial charge in [-0.15, -0.1) is 0 Å². The van der Waals surface area contributed by atoms with Crippen LogP contribution in [0, 0.1) is 6.92 Å². The Labute approximate surface area is 83.3 Å². The fraction of sp³-hybridized carbons (Fsp3) is 0.556. The molecule has 1 fully saturated rings. The molecule has 0 aromatic carbocycles. The molecule has 76 valence electrons. The molecule has 1 saturated carbocycles. The summed E-state index contributed by atoms with van der Waals surface area (Å²) in [4.78, 5) is 10.6. The molecule has 1 aliphatic rings. The lowest BCUT2D eigenvalue weighted by Gasteiger charge is -2.18. The van der Waals surface area contributed by atoms with Crippen LogP contribution in [0.1, 0.15) is 18.5 Å². The van der Waals surface area contributed by atoms with Gasteiger partial charge in [-0.3, -0.25) is 5.43 Å². The first-order valence-corrected chi connectivity index (χ1v) is 4.76. The van der Waals surface area contributed by atoms with E-state index in [0.29, 0.717) is 12.0 Å². The molecule has 0 spiro atoms. The number of nitrogen functional groups attached to an aromatic ring is 1. The molecule has 0 atom stereocenters. The fourth-order valence-corrected chi connectivity index (χ4v) is 1.45. The first-order chi connectivity index (χ1) is 6.70. The minimum atomic E-state index is 0.479. The van der Waals surface area contributed by atoms with Crippen molar-refractivity contribution in [1.82, 2.24) is 9.97 Å². The molecular formula is C9H15N5. The van der Waals surface area contributed by atoms with E-state index in [1.54, 1.807) is 0 Å². The molecule has 0 unspecified atom stereocenters. The van der Waals surface area contributed by atoms with Crippen LogP contribution >= 0.6 is 0 Å². The summed E-state index contributed by atoms with van der Waals surface area (Å²) in [5, 5.41) is 0. The molecule has 0 saturated heterocycles. The standard InChI is InChI=1S/C9H15N5/c1-6-5-8(12-9(11-6)13-10)14(2)7-3-4-7/h5,7H,3-4,10H2,1-2H3,(H,11,12,13). The van der Waals surface area contributed by atoms with E-state index in [-0.39, 0.29) is 0 Å². The maximum absolute atomic E-state index is 5.29. The lowest BCUT2D eigenvalue weighted by molar-refractivity contribution is 0.881. The first-order valence-electron chi connectivity index (χ1n) is 4.76.